The maximum atomic E-state index is 12.7. The van der Waals surface area contributed by atoms with Crippen molar-refractivity contribution in [1.29, 1.82) is 0 Å². The second-order valence-electron chi connectivity index (χ2n) is 9.27. The Kier molecular flexibility index (Phi) is 7.00. The van der Waals surface area contributed by atoms with Crippen molar-refractivity contribution >= 4 is 28.6 Å². The predicted octanol–water partition coefficient (Wildman–Crippen LogP) is 6.36. The molecule has 190 valence electrons. The van der Waals surface area contributed by atoms with Gasteiger partial charge in [0.2, 0.25) is 0 Å². The van der Waals surface area contributed by atoms with Crippen LogP contribution in [-0.2, 0) is 13.0 Å². The molecule has 0 fully saturated rings. The highest BCUT2D eigenvalue weighted by Gasteiger charge is 2.16. The third kappa shape index (κ3) is 5.04. The Bertz CT molecular complexity index is 1620. The number of pyridine rings is 1. The Morgan fingerprint density at radius 2 is 1.79 bits per heavy atom. The number of carbonyl (C=O) groups excluding carboxylic acids is 1. The number of amides is 1. The highest BCUT2D eigenvalue weighted by molar-refractivity contribution is 6.05. The maximum absolute atomic E-state index is 12.7. The first-order valence-corrected chi connectivity index (χ1v) is 12.6. The van der Waals surface area contributed by atoms with Gasteiger partial charge in [0.05, 0.1) is 22.2 Å². The molecule has 0 bridgehead atoms. The lowest BCUT2D eigenvalue weighted by molar-refractivity contribution is 0.0697. The van der Waals surface area contributed by atoms with E-state index in [1.54, 1.807) is 36.7 Å². The summed E-state index contributed by atoms with van der Waals surface area (Å²) in [5.41, 5.74) is 6.95. The fourth-order valence-electron chi connectivity index (χ4n) is 4.70. The molecule has 5 rings (SSSR count). The summed E-state index contributed by atoms with van der Waals surface area (Å²) in [7, 11) is 0. The molecule has 3 aromatic carbocycles. The summed E-state index contributed by atoms with van der Waals surface area (Å²) >= 11 is 0. The third-order valence-corrected chi connectivity index (χ3v) is 6.54. The van der Waals surface area contributed by atoms with Crippen LogP contribution in [0.1, 0.15) is 51.0 Å². The fourth-order valence-corrected chi connectivity index (χ4v) is 4.70. The number of fused-ring (bicyclic) bond motifs is 1. The lowest BCUT2D eigenvalue weighted by Gasteiger charge is -2.12. The van der Waals surface area contributed by atoms with E-state index in [1.165, 1.54) is 0 Å². The van der Waals surface area contributed by atoms with Gasteiger partial charge in [0.25, 0.3) is 5.91 Å². The minimum absolute atomic E-state index is 0.214. The van der Waals surface area contributed by atoms with E-state index in [0.29, 0.717) is 23.4 Å². The number of imidazole rings is 1. The Hall–Kier alpha value is -4.78. The Morgan fingerprint density at radius 3 is 2.50 bits per heavy atom. The Balaban J connectivity index is 1.49. The zero-order valence-corrected chi connectivity index (χ0v) is 21.3. The molecule has 0 spiro atoms. The molecule has 38 heavy (non-hydrogen) atoms. The molecule has 0 aliphatic carbocycles. The number of benzene rings is 3. The number of nitrogens with one attached hydrogen (secondary N) is 1. The van der Waals surface area contributed by atoms with Crippen LogP contribution in [0, 0.1) is 6.92 Å². The van der Waals surface area contributed by atoms with Gasteiger partial charge in [-0.05, 0) is 65.9 Å². The number of rotatable bonds is 8. The van der Waals surface area contributed by atoms with Crippen molar-refractivity contribution in [2.24, 2.45) is 0 Å². The molecule has 0 atom stereocenters. The first-order valence-electron chi connectivity index (χ1n) is 12.6. The average Bonchev–Trinajstić information content (AvgIpc) is 3.27. The lowest BCUT2D eigenvalue weighted by Crippen LogP contribution is -2.12. The minimum atomic E-state index is -0.944. The first-order chi connectivity index (χ1) is 18.4. The molecule has 2 heterocycles. The van der Waals surface area contributed by atoms with Crippen LogP contribution in [0.25, 0.3) is 22.2 Å². The van der Waals surface area contributed by atoms with Gasteiger partial charge in [0, 0.05) is 31.0 Å². The van der Waals surface area contributed by atoms with Crippen molar-refractivity contribution in [3.8, 4) is 11.1 Å². The Labute approximate surface area is 220 Å². The predicted molar refractivity (Wildman–Crippen MR) is 149 cm³/mol. The van der Waals surface area contributed by atoms with Gasteiger partial charge in [-0.1, -0.05) is 49.4 Å². The van der Waals surface area contributed by atoms with Crippen molar-refractivity contribution in [2.45, 2.75) is 33.2 Å². The number of hydrogen-bond acceptors (Lipinski definition) is 4. The quantitative estimate of drug-likeness (QED) is 0.256. The van der Waals surface area contributed by atoms with Crippen molar-refractivity contribution in [1.82, 2.24) is 14.5 Å². The topological polar surface area (TPSA) is 97.1 Å². The zero-order valence-electron chi connectivity index (χ0n) is 21.3. The lowest BCUT2D eigenvalue weighted by atomic mass is 9.99. The van der Waals surface area contributed by atoms with Crippen LogP contribution in [0.15, 0.2) is 85.2 Å². The monoisotopic (exact) mass is 504 g/mol. The molecular weight excluding hydrogens is 476 g/mol. The SMILES string of the molecule is CCCc1nc2c(C)cc(NC(=O)c3cccnc3)cc2n1Cc1ccc(-c2ccccc2C(=O)O)cc1. The van der Waals surface area contributed by atoms with E-state index >= 15 is 0 Å². The van der Waals surface area contributed by atoms with Crippen LogP contribution < -0.4 is 5.32 Å². The number of hydrogen-bond donors (Lipinski definition) is 2. The third-order valence-electron chi connectivity index (χ3n) is 6.54. The molecule has 0 radical (unpaired) electrons. The van der Waals surface area contributed by atoms with E-state index in [4.69, 9.17) is 4.98 Å². The van der Waals surface area contributed by atoms with Gasteiger partial charge < -0.3 is 15.0 Å². The first kappa shape index (κ1) is 24.9. The van der Waals surface area contributed by atoms with Crippen molar-refractivity contribution in [3.63, 3.8) is 0 Å². The summed E-state index contributed by atoms with van der Waals surface area (Å²) in [6.45, 7) is 4.74. The average molecular weight is 505 g/mol. The fraction of sp³-hybridized carbons (Fsp3) is 0.161. The second-order valence-corrected chi connectivity index (χ2v) is 9.27. The minimum Gasteiger partial charge on any atom is -0.478 e. The largest absolute Gasteiger partial charge is 0.478 e. The molecule has 0 saturated carbocycles. The van der Waals surface area contributed by atoms with Gasteiger partial charge in [-0.25, -0.2) is 9.78 Å². The van der Waals surface area contributed by atoms with Crippen molar-refractivity contribution < 1.29 is 14.7 Å². The summed E-state index contributed by atoms with van der Waals surface area (Å²) in [4.78, 5) is 33.4. The molecule has 0 aliphatic rings. The molecule has 7 heteroatoms. The number of aryl methyl sites for hydroxylation is 2. The summed E-state index contributed by atoms with van der Waals surface area (Å²) in [5.74, 6) is -0.170. The highest BCUT2D eigenvalue weighted by Crippen LogP contribution is 2.28. The van der Waals surface area contributed by atoms with E-state index < -0.39 is 5.97 Å². The van der Waals surface area contributed by atoms with Gasteiger partial charge >= 0.3 is 5.97 Å². The Morgan fingerprint density at radius 1 is 1.00 bits per heavy atom. The second kappa shape index (κ2) is 10.7. The van der Waals surface area contributed by atoms with Crippen LogP contribution in [0.3, 0.4) is 0 Å². The van der Waals surface area contributed by atoms with E-state index in [2.05, 4.69) is 21.8 Å². The van der Waals surface area contributed by atoms with Gasteiger partial charge in [-0.3, -0.25) is 9.78 Å². The van der Waals surface area contributed by atoms with E-state index in [9.17, 15) is 14.7 Å². The van der Waals surface area contributed by atoms with Crippen LogP contribution >= 0.6 is 0 Å². The van der Waals surface area contributed by atoms with Crippen LogP contribution in [0.5, 0.6) is 0 Å². The van der Waals surface area contributed by atoms with Gasteiger partial charge in [0.15, 0.2) is 0 Å². The number of anilines is 1. The van der Waals surface area contributed by atoms with E-state index in [-0.39, 0.29) is 11.5 Å². The van der Waals surface area contributed by atoms with Crippen LogP contribution in [-0.4, -0.2) is 31.5 Å². The van der Waals surface area contributed by atoms with E-state index in [1.807, 2.05) is 55.5 Å². The number of nitrogens with zero attached hydrogens (tertiary/aromatic N) is 3. The molecule has 2 N–H and O–H groups in total. The molecule has 0 saturated heterocycles. The molecule has 0 unspecified atom stereocenters. The van der Waals surface area contributed by atoms with Crippen LogP contribution in [0.2, 0.25) is 0 Å². The molecule has 5 aromatic rings. The number of carboxylic acids is 1. The molecular formula is C31H28N4O3. The molecule has 0 aliphatic heterocycles. The van der Waals surface area contributed by atoms with Crippen LogP contribution in [0.4, 0.5) is 5.69 Å². The summed E-state index contributed by atoms with van der Waals surface area (Å²) in [6.07, 6.45) is 4.97. The summed E-state index contributed by atoms with van der Waals surface area (Å²) in [5, 5.41) is 12.6. The maximum Gasteiger partial charge on any atom is 0.336 e. The number of aromatic nitrogens is 3. The van der Waals surface area contributed by atoms with Gasteiger partial charge in [0.1, 0.15) is 5.82 Å². The normalized spacial score (nSPS) is 11.0. The summed E-state index contributed by atoms with van der Waals surface area (Å²) in [6, 6.07) is 22.4. The van der Waals surface area contributed by atoms with Crippen molar-refractivity contribution in [2.75, 3.05) is 5.32 Å². The van der Waals surface area contributed by atoms with E-state index in [0.717, 1.165) is 46.4 Å². The zero-order chi connectivity index (χ0) is 26.6. The van der Waals surface area contributed by atoms with Gasteiger partial charge in [-0.15, -0.1) is 0 Å². The van der Waals surface area contributed by atoms with Gasteiger partial charge in [-0.2, -0.15) is 0 Å². The molecule has 1 amide bonds. The molecule has 7 nitrogen and oxygen atoms in total. The number of aromatic carboxylic acids is 1. The number of carboxylic acid groups (broad SMARTS) is 1. The van der Waals surface area contributed by atoms with Crippen molar-refractivity contribution in [3.05, 3.63) is 113 Å². The standard InChI is InChI=1S/C31H28N4O3/c1-3-7-28-34-29-20(2)16-24(33-30(36)23-8-6-15-32-18-23)17-27(29)35(28)19-21-11-13-22(14-12-21)25-9-4-5-10-26(25)31(37)38/h4-6,8-18H,3,7,19H2,1-2H3,(H,33,36)(H,37,38). The number of carbonyl (C=O) groups is 2. The summed E-state index contributed by atoms with van der Waals surface area (Å²) < 4.78 is 2.20. The molecule has 2 aromatic heterocycles. The highest BCUT2D eigenvalue weighted by atomic mass is 16.4. The smallest absolute Gasteiger partial charge is 0.336 e.